The first kappa shape index (κ1) is 15.7. The molecule has 0 fully saturated rings. The number of halogens is 2. The van der Waals surface area contributed by atoms with Crippen LogP contribution in [0.25, 0.3) is 10.7 Å². The number of aromatic nitrogens is 2. The Balaban J connectivity index is 2.28. The lowest BCUT2D eigenvalue weighted by atomic mass is 10.3. The van der Waals surface area contributed by atoms with Crippen molar-refractivity contribution in [2.45, 2.75) is 33.2 Å². The number of aryl methyl sites for hydroxylation is 1. The van der Waals surface area contributed by atoms with Crippen LogP contribution in [-0.2, 0) is 13.0 Å². The molecule has 0 amide bonds. The van der Waals surface area contributed by atoms with Gasteiger partial charge in [-0.05, 0) is 25.5 Å². The van der Waals surface area contributed by atoms with Gasteiger partial charge < -0.3 is 5.32 Å². The second-order valence-corrected chi connectivity index (χ2v) is 6.33. The van der Waals surface area contributed by atoms with Crippen LogP contribution in [0.15, 0.2) is 12.3 Å². The van der Waals surface area contributed by atoms with Crippen LogP contribution in [0.3, 0.4) is 0 Å². The molecule has 0 unspecified atom stereocenters. The SMILES string of the molecule is CCCNCc1sc(-c2ncc(Cl)cc2Cl)nc1CC. The molecule has 1 N–H and O–H groups in total. The summed E-state index contributed by atoms with van der Waals surface area (Å²) in [5, 5.41) is 5.35. The lowest BCUT2D eigenvalue weighted by Crippen LogP contribution is -2.13. The van der Waals surface area contributed by atoms with Crippen molar-refractivity contribution in [2.24, 2.45) is 0 Å². The van der Waals surface area contributed by atoms with Gasteiger partial charge >= 0.3 is 0 Å². The highest BCUT2D eigenvalue weighted by atomic mass is 35.5. The van der Waals surface area contributed by atoms with Gasteiger partial charge in [0, 0.05) is 17.6 Å². The van der Waals surface area contributed by atoms with Gasteiger partial charge in [0.15, 0.2) is 0 Å². The summed E-state index contributed by atoms with van der Waals surface area (Å²) in [7, 11) is 0. The van der Waals surface area contributed by atoms with Crippen molar-refractivity contribution in [2.75, 3.05) is 6.54 Å². The minimum Gasteiger partial charge on any atom is -0.312 e. The molecule has 0 spiro atoms. The Morgan fingerprint density at radius 3 is 2.75 bits per heavy atom. The van der Waals surface area contributed by atoms with E-state index in [1.165, 1.54) is 4.88 Å². The van der Waals surface area contributed by atoms with Gasteiger partial charge in [0.25, 0.3) is 0 Å². The van der Waals surface area contributed by atoms with Crippen molar-refractivity contribution in [3.8, 4) is 10.7 Å². The fourth-order valence-electron chi connectivity index (χ4n) is 1.85. The van der Waals surface area contributed by atoms with E-state index in [1.54, 1.807) is 23.6 Å². The molecule has 108 valence electrons. The third kappa shape index (κ3) is 3.70. The summed E-state index contributed by atoms with van der Waals surface area (Å²) >= 11 is 13.7. The van der Waals surface area contributed by atoms with E-state index in [0.717, 1.165) is 36.6 Å². The van der Waals surface area contributed by atoms with Gasteiger partial charge in [-0.3, -0.25) is 4.98 Å². The molecular weight excluding hydrogens is 313 g/mol. The first-order valence-corrected chi connectivity index (χ1v) is 8.23. The molecule has 0 saturated heterocycles. The highest BCUT2D eigenvalue weighted by Gasteiger charge is 2.14. The minimum atomic E-state index is 0.538. The van der Waals surface area contributed by atoms with E-state index in [1.807, 2.05) is 0 Å². The van der Waals surface area contributed by atoms with E-state index in [-0.39, 0.29) is 0 Å². The summed E-state index contributed by atoms with van der Waals surface area (Å²) < 4.78 is 0. The summed E-state index contributed by atoms with van der Waals surface area (Å²) in [5.74, 6) is 0. The maximum Gasteiger partial charge on any atom is 0.143 e. The van der Waals surface area contributed by atoms with Crippen LogP contribution < -0.4 is 5.32 Å². The van der Waals surface area contributed by atoms with E-state index in [2.05, 4.69) is 29.1 Å². The summed E-state index contributed by atoms with van der Waals surface area (Å²) in [5.41, 5.74) is 1.82. The number of hydrogen-bond acceptors (Lipinski definition) is 4. The van der Waals surface area contributed by atoms with Gasteiger partial charge in [-0.1, -0.05) is 37.0 Å². The number of nitrogens with one attached hydrogen (secondary N) is 1. The number of hydrogen-bond donors (Lipinski definition) is 1. The highest BCUT2D eigenvalue weighted by Crippen LogP contribution is 2.32. The van der Waals surface area contributed by atoms with Crippen molar-refractivity contribution in [3.63, 3.8) is 0 Å². The molecule has 0 bridgehead atoms. The fourth-order valence-corrected chi connectivity index (χ4v) is 3.51. The average molecular weight is 330 g/mol. The normalized spacial score (nSPS) is 11.0. The molecule has 0 radical (unpaired) electrons. The zero-order chi connectivity index (χ0) is 14.5. The lowest BCUT2D eigenvalue weighted by molar-refractivity contribution is 0.677. The first-order valence-electron chi connectivity index (χ1n) is 6.66. The largest absolute Gasteiger partial charge is 0.312 e. The predicted octanol–water partition coefficient (Wildman–Crippen LogP) is 4.57. The Labute approximate surface area is 133 Å². The average Bonchev–Trinajstić information content (AvgIpc) is 2.82. The van der Waals surface area contributed by atoms with Crippen LogP contribution in [0.5, 0.6) is 0 Å². The van der Waals surface area contributed by atoms with Crippen LogP contribution in [-0.4, -0.2) is 16.5 Å². The summed E-state index contributed by atoms with van der Waals surface area (Å²) in [6.45, 7) is 6.12. The second-order valence-electron chi connectivity index (χ2n) is 4.40. The van der Waals surface area contributed by atoms with Crippen LogP contribution in [0.4, 0.5) is 0 Å². The number of pyridine rings is 1. The van der Waals surface area contributed by atoms with E-state index in [9.17, 15) is 0 Å². The summed E-state index contributed by atoms with van der Waals surface area (Å²) in [6, 6.07) is 1.70. The monoisotopic (exact) mass is 329 g/mol. The quantitative estimate of drug-likeness (QED) is 0.788. The Morgan fingerprint density at radius 2 is 2.10 bits per heavy atom. The molecular formula is C14H17Cl2N3S. The standard InChI is InChI=1S/C14H17Cl2N3S/c1-3-5-17-8-12-11(4-2)19-14(20-12)13-10(16)6-9(15)7-18-13/h6-7,17H,3-5,8H2,1-2H3. The Hall–Kier alpha value is -0.680. The topological polar surface area (TPSA) is 37.8 Å². The van der Waals surface area contributed by atoms with E-state index in [4.69, 9.17) is 23.2 Å². The third-order valence-electron chi connectivity index (χ3n) is 2.84. The maximum absolute atomic E-state index is 6.20. The van der Waals surface area contributed by atoms with Gasteiger partial charge in [0.1, 0.15) is 10.7 Å². The van der Waals surface area contributed by atoms with Gasteiger partial charge in [-0.25, -0.2) is 4.98 Å². The molecule has 2 rings (SSSR count). The minimum absolute atomic E-state index is 0.538. The smallest absolute Gasteiger partial charge is 0.143 e. The molecule has 2 heterocycles. The van der Waals surface area contributed by atoms with Crippen molar-refractivity contribution in [3.05, 3.63) is 32.9 Å². The van der Waals surface area contributed by atoms with Crippen molar-refractivity contribution >= 4 is 34.5 Å². The number of thiazole rings is 1. The Kier molecular flexibility index (Phi) is 5.78. The third-order valence-corrected chi connectivity index (χ3v) is 4.44. The molecule has 0 aliphatic heterocycles. The Bertz CT molecular complexity index is 584. The molecule has 3 nitrogen and oxygen atoms in total. The van der Waals surface area contributed by atoms with E-state index >= 15 is 0 Å². The summed E-state index contributed by atoms with van der Waals surface area (Å²) in [6.07, 6.45) is 3.63. The van der Waals surface area contributed by atoms with E-state index in [0.29, 0.717) is 15.7 Å². The predicted molar refractivity (Wildman–Crippen MR) is 86.7 cm³/mol. The second kappa shape index (κ2) is 7.36. The van der Waals surface area contributed by atoms with Gasteiger partial charge in [-0.15, -0.1) is 11.3 Å². The zero-order valence-electron chi connectivity index (χ0n) is 11.5. The van der Waals surface area contributed by atoms with Gasteiger partial charge in [0.2, 0.25) is 0 Å². The Morgan fingerprint density at radius 1 is 1.30 bits per heavy atom. The van der Waals surface area contributed by atoms with Crippen LogP contribution in [0.1, 0.15) is 30.8 Å². The van der Waals surface area contributed by atoms with Crippen LogP contribution >= 0.6 is 34.5 Å². The van der Waals surface area contributed by atoms with E-state index < -0.39 is 0 Å². The molecule has 0 aliphatic rings. The van der Waals surface area contributed by atoms with Gasteiger partial charge in [-0.2, -0.15) is 0 Å². The number of rotatable bonds is 6. The molecule has 0 atom stereocenters. The molecule has 0 aromatic carbocycles. The van der Waals surface area contributed by atoms with Gasteiger partial charge in [0.05, 0.1) is 15.7 Å². The van der Waals surface area contributed by atoms with Crippen molar-refractivity contribution in [1.82, 2.24) is 15.3 Å². The van der Waals surface area contributed by atoms with Crippen molar-refractivity contribution < 1.29 is 0 Å². The molecule has 20 heavy (non-hydrogen) atoms. The molecule has 2 aromatic heterocycles. The summed E-state index contributed by atoms with van der Waals surface area (Å²) in [4.78, 5) is 10.2. The fraction of sp³-hybridized carbons (Fsp3) is 0.429. The lowest BCUT2D eigenvalue weighted by Gasteiger charge is -2.01. The zero-order valence-corrected chi connectivity index (χ0v) is 13.9. The van der Waals surface area contributed by atoms with Crippen molar-refractivity contribution in [1.29, 1.82) is 0 Å². The van der Waals surface area contributed by atoms with Crippen LogP contribution in [0, 0.1) is 0 Å². The molecule has 2 aromatic rings. The molecule has 6 heteroatoms. The molecule has 0 saturated carbocycles. The molecule has 0 aliphatic carbocycles. The van der Waals surface area contributed by atoms with Crippen LogP contribution in [0.2, 0.25) is 10.0 Å². The first-order chi connectivity index (χ1) is 9.65. The highest BCUT2D eigenvalue weighted by molar-refractivity contribution is 7.15. The maximum atomic E-state index is 6.20. The number of nitrogens with zero attached hydrogens (tertiary/aromatic N) is 2.